The standard InChI is InChI=1S/C13H26N2O2S/c16-18(17,11-13-7-3-4-9-14-13)15-10-8-12-5-1-2-6-12/h12-15H,1-11H2. The van der Waals surface area contributed by atoms with Crippen LogP contribution in [0.1, 0.15) is 51.4 Å². The summed E-state index contributed by atoms with van der Waals surface area (Å²) in [4.78, 5) is 0. The maximum Gasteiger partial charge on any atom is 0.213 e. The summed E-state index contributed by atoms with van der Waals surface area (Å²) in [5.41, 5.74) is 0. The fourth-order valence-corrected chi connectivity index (χ4v) is 4.47. The minimum absolute atomic E-state index is 0.155. The lowest BCUT2D eigenvalue weighted by Gasteiger charge is -2.23. The molecule has 2 rings (SSSR count). The Labute approximate surface area is 111 Å². The van der Waals surface area contributed by atoms with Crippen LogP contribution in [-0.2, 0) is 10.0 Å². The molecule has 2 aliphatic rings. The van der Waals surface area contributed by atoms with Gasteiger partial charge in [-0.05, 0) is 31.7 Å². The van der Waals surface area contributed by atoms with Crippen molar-refractivity contribution in [2.24, 2.45) is 5.92 Å². The molecule has 1 aliphatic carbocycles. The van der Waals surface area contributed by atoms with Crippen molar-refractivity contribution >= 4 is 10.0 Å². The van der Waals surface area contributed by atoms with E-state index < -0.39 is 10.0 Å². The molecule has 0 spiro atoms. The Kier molecular flexibility index (Phi) is 5.45. The highest BCUT2D eigenvalue weighted by Crippen LogP contribution is 2.26. The summed E-state index contributed by atoms with van der Waals surface area (Å²) < 4.78 is 26.6. The second kappa shape index (κ2) is 6.87. The highest BCUT2D eigenvalue weighted by atomic mass is 32.2. The number of nitrogens with one attached hydrogen (secondary N) is 2. The number of sulfonamides is 1. The van der Waals surface area contributed by atoms with Crippen molar-refractivity contribution in [2.75, 3.05) is 18.8 Å². The zero-order valence-electron chi connectivity index (χ0n) is 11.2. The van der Waals surface area contributed by atoms with E-state index in [1.54, 1.807) is 0 Å². The molecule has 0 bridgehead atoms. The fourth-order valence-electron chi connectivity index (χ4n) is 3.11. The topological polar surface area (TPSA) is 58.2 Å². The van der Waals surface area contributed by atoms with Crippen LogP contribution in [0.25, 0.3) is 0 Å². The number of piperidine rings is 1. The minimum atomic E-state index is -3.09. The molecule has 1 atom stereocenters. The van der Waals surface area contributed by atoms with Crippen LogP contribution in [0.4, 0.5) is 0 Å². The van der Waals surface area contributed by atoms with Crippen molar-refractivity contribution in [3.63, 3.8) is 0 Å². The molecule has 5 heteroatoms. The van der Waals surface area contributed by atoms with Gasteiger partial charge >= 0.3 is 0 Å². The molecular weight excluding hydrogens is 248 g/mol. The van der Waals surface area contributed by atoms with Crippen LogP contribution in [0.3, 0.4) is 0 Å². The van der Waals surface area contributed by atoms with Gasteiger partial charge in [-0.2, -0.15) is 0 Å². The molecular formula is C13H26N2O2S. The molecule has 18 heavy (non-hydrogen) atoms. The third-order valence-electron chi connectivity index (χ3n) is 4.18. The van der Waals surface area contributed by atoms with Crippen LogP contribution in [0, 0.1) is 5.92 Å². The van der Waals surface area contributed by atoms with Gasteiger partial charge in [-0.1, -0.05) is 32.1 Å². The normalized spacial score (nSPS) is 26.6. The molecule has 0 amide bonds. The van der Waals surface area contributed by atoms with Gasteiger partial charge in [0, 0.05) is 12.6 Å². The van der Waals surface area contributed by atoms with Gasteiger partial charge in [0.2, 0.25) is 10.0 Å². The van der Waals surface area contributed by atoms with E-state index in [2.05, 4.69) is 10.0 Å². The Morgan fingerprint density at radius 1 is 1.06 bits per heavy atom. The van der Waals surface area contributed by atoms with Gasteiger partial charge in [0.05, 0.1) is 5.75 Å². The first kappa shape index (κ1) is 14.3. The van der Waals surface area contributed by atoms with Gasteiger partial charge < -0.3 is 5.32 Å². The second-order valence-corrected chi connectivity index (χ2v) is 7.61. The van der Waals surface area contributed by atoms with Gasteiger partial charge in [0.15, 0.2) is 0 Å². The Balaban J connectivity index is 1.66. The second-order valence-electron chi connectivity index (χ2n) is 5.76. The van der Waals surface area contributed by atoms with E-state index in [1.165, 1.54) is 32.1 Å². The molecule has 1 aliphatic heterocycles. The molecule has 0 aromatic rings. The fraction of sp³-hybridized carbons (Fsp3) is 1.00. The third kappa shape index (κ3) is 4.86. The van der Waals surface area contributed by atoms with Crippen LogP contribution in [0.5, 0.6) is 0 Å². The smallest absolute Gasteiger partial charge is 0.213 e. The van der Waals surface area contributed by atoms with E-state index in [9.17, 15) is 8.42 Å². The zero-order chi connectivity index (χ0) is 12.8. The SMILES string of the molecule is O=S(=O)(CC1CCCCN1)NCCC1CCCC1. The Bertz CT molecular complexity index is 331. The van der Waals surface area contributed by atoms with Crippen LogP contribution < -0.4 is 10.0 Å². The van der Waals surface area contributed by atoms with E-state index >= 15 is 0 Å². The molecule has 4 nitrogen and oxygen atoms in total. The number of rotatable bonds is 6. The first-order valence-corrected chi connectivity index (χ1v) is 9.02. The molecule has 2 fully saturated rings. The van der Waals surface area contributed by atoms with E-state index in [-0.39, 0.29) is 11.8 Å². The van der Waals surface area contributed by atoms with E-state index in [0.717, 1.165) is 31.7 Å². The van der Waals surface area contributed by atoms with E-state index in [0.29, 0.717) is 6.54 Å². The Hall–Kier alpha value is -0.130. The number of hydrogen-bond donors (Lipinski definition) is 2. The molecule has 1 unspecified atom stereocenters. The first-order valence-electron chi connectivity index (χ1n) is 7.36. The van der Waals surface area contributed by atoms with Gasteiger partial charge in [-0.15, -0.1) is 0 Å². The first-order chi connectivity index (χ1) is 8.66. The van der Waals surface area contributed by atoms with Crippen molar-refractivity contribution < 1.29 is 8.42 Å². The van der Waals surface area contributed by atoms with Crippen molar-refractivity contribution in [2.45, 2.75) is 57.4 Å². The number of hydrogen-bond acceptors (Lipinski definition) is 3. The average Bonchev–Trinajstić information content (AvgIpc) is 2.82. The lowest BCUT2D eigenvalue weighted by Crippen LogP contribution is -2.42. The minimum Gasteiger partial charge on any atom is -0.313 e. The summed E-state index contributed by atoms with van der Waals surface area (Å²) in [5.74, 6) is 0.998. The summed E-state index contributed by atoms with van der Waals surface area (Å²) in [6, 6.07) is 0.155. The van der Waals surface area contributed by atoms with Crippen LogP contribution in [-0.4, -0.2) is 33.3 Å². The third-order valence-corrected chi connectivity index (χ3v) is 5.67. The molecule has 2 N–H and O–H groups in total. The summed E-state index contributed by atoms with van der Waals surface area (Å²) in [6.45, 7) is 1.59. The largest absolute Gasteiger partial charge is 0.313 e. The maximum absolute atomic E-state index is 11.9. The molecule has 1 saturated heterocycles. The molecule has 0 aromatic carbocycles. The molecule has 0 aromatic heterocycles. The van der Waals surface area contributed by atoms with Gasteiger partial charge in [-0.3, -0.25) is 0 Å². The summed E-state index contributed by atoms with van der Waals surface area (Å²) in [7, 11) is -3.09. The monoisotopic (exact) mass is 274 g/mol. The molecule has 106 valence electrons. The van der Waals surface area contributed by atoms with Gasteiger partial charge in [0.1, 0.15) is 0 Å². The lowest BCUT2D eigenvalue weighted by molar-refractivity contribution is 0.421. The molecule has 1 heterocycles. The molecule has 0 radical (unpaired) electrons. The maximum atomic E-state index is 11.9. The lowest BCUT2D eigenvalue weighted by atomic mass is 10.1. The average molecular weight is 274 g/mol. The zero-order valence-corrected chi connectivity index (χ0v) is 12.0. The van der Waals surface area contributed by atoms with Crippen molar-refractivity contribution in [3.8, 4) is 0 Å². The summed E-state index contributed by atoms with van der Waals surface area (Å²) in [5, 5.41) is 3.29. The van der Waals surface area contributed by atoms with Crippen molar-refractivity contribution in [1.82, 2.24) is 10.0 Å². The highest BCUT2D eigenvalue weighted by Gasteiger charge is 2.21. The predicted octanol–water partition coefficient (Wildman–Crippen LogP) is 1.63. The summed E-state index contributed by atoms with van der Waals surface area (Å²) >= 11 is 0. The Morgan fingerprint density at radius 3 is 2.44 bits per heavy atom. The molecule has 1 saturated carbocycles. The highest BCUT2D eigenvalue weighted by molar-refractivity contribution is 7.89. The van der Waals surface area contributed by atoms with Crippen molar-refractivity contribution in [3.05, 3.63) is 0 Å². The van der Waals surface area contributed by atoms with Crippen molar-refractivity contribution in [1.29, 1.82) is 0 Å². The van der Waals surface area contributed by atoms with Gasteiger partial charge in [0.25, 0.3) is 0 Å². The predicted molar refractivity (Wildman–Crippen MR) is 74.0 cm³/mol. The van der Waals surface area contributed by atoms with Gasteiger partial charge in [-0.25, -0.2) is 13.1 Å². The van der Waals surface area contributed by atoms with Crippen LogP contribution in [0.2, 0.25) is 0 Å². The summed E-state index contributed by atoms with van der Waals surface area (Å²) in [6.07, 6.45) is 9.53. The van der Waals surface area contributed by atoms with Crippen LogP contribution >= 0.6 is 0 Å². The van der Waals surface area contributed by atoms with E-state index in [4.69, 9.17) is 0 Å². The van der Waals surface area contributed by atoms with E-state index in [1.807, 2.05) is 0 Å². The quantitative estimate of drug-likeness (QED) is 0.774. The Morgan fingerprint density at radius 2 is 1.78 bits per heavy atom. The van der Waals surface area contributed by atoms with Crippen LogP contribution in [0.15, 0.2) is 0 Å².